The molecule has 1 aliphatic heterocycles. The fraction of sp³-hybridized carbons (Fsp3) is 0.273. The Bertz CT molecular complexity index is 958. The van der Waals surface area contributed by atoms with Gasteiger partial charge < -0.3 is 14.2 Å². The SMILES string of the molecule is Cc1noc(C)c1COc1ccccc1C(=O)N1CCc2ccccc2C1. The zero-order chi connectivity index (χ0) is 18.8. The number of nitrogens with zero attached hydrogens (tertiary/aromatic N) is 2. The fourth-order valence-electron chi connectivity index (χ4n) is 3.47. The summed E-state index contributed by atoms with van der Waals surface area (Å²) >= 11 is 0. The highest BCUT2D eigenvalue weighted by Crippen LogP contribution is 2.26. The second-order valence-corrected chi connectivity index (χ2v) is 6.83. The largest absolute Gasteiger partial charge is 0.488 e. The molecule has 0 fully saturated rings. The van der Waals surface area contributed by atoms with Crippen LogP contribution in [0.2, 0.25) is 0 Å². The Morgan fingerprint density at radius 1 is 1.11 bits per heavy atom. The topological polar surface area (TPSA) is 55.6 Å². The fourth-order valence-corrected chi connectivity index (χ4v) is 3.47. The van der Waals surface area contributed by atoms with Crippen molar-refractivity contribution in [2.45, 2.75) is 33.4 Å². The third-order valence-corrected chi connectivity index (χ3v) is 5.09. The maximum absolute atomic E-state index is 13.1. The number of ether oxygens (including phenoxy) is 1. The lowest BCUT2D eigenvalue weighted by Gasteiger charge is -2.29. The van der Waals surface area contributed by atoms with Crippen LogP contribution < -0.4 is 4.74 Å². The van der Waals surface area contributed by atoms with Gasteiger partial charge in [0.25, 0.3) is 5.91 Å². The molecule has 5 heteroatoms. The summed E-state index contributed by atoms with van der Waals surface area (Å²) in [6, 6.07) is 15.7. The van der Waals surface area contributed by atoms with E-state index in [2.05, 4.69) is 17.3 Å². The van der Waals surface area contributed by atoms with Crippen LogP contribution in [0, 0.1) is 13.8 Å². The molecule has 3 aromatic rings. The summed E-state index contributed by atoms with van der Waals surface area (Å²) in [5.41, 5.74) is 4.85. The van der Waals surface area contributed by atoms with Gasteiger partial charge in [0.15, 0.2) is 0 Å². The molecule has 5 nitrogen and oxygen atoms in total. The van der Waals surface area contributed by atoms with Gasteiger partial charge in [-0.05, 0) is 43.5 Å². The van der Waals surface area contributed by atoms with Gasteiger partial charge >= 0.3 is 0 Å². The van der Waals surface area contributed by atoms with E-state index in [1.807, 2.05) is 55.1 Å². The lowest BCUT2D eigenvalue weighted by Crippen LogP contribution is -2.36. The number of carbonyl (C=O) groups excluding carboxylic acids is 1. The Hall–Kier alpha value is -3.08. The molecular weight excluding hydrogens is 340 g/mol. The Kier molecular flexibility index (Phi) is 4.67. The lowest BCUT2D eigenvalue weighted by molar-refractivity contribution is 0.0730. The highest BCUT2D eigenvalue weighted by molar-refractivity contribution is 5.97. The van der Waals surface area contributed by atoms with Crippen molar-refractivity contribution in [2.75, 3.05) is 6.54 Å². The van der Waals surface area contributed by atoms with Crippen molar-refractivity contribution in [1.29, 1.82) is 0 Å². The third-order valence-electron chi connectivity index (χ3n) is 5.09. The van der Waals surface area contributed by atoms with Crippen LogP contribution in [0.4, 0.5) is 0 Å². The molecular formula is C22H22N2O3. The normalized spacial score (nSPS) is 13.3. The van der Waals surface area contributed by atoms with E-state index in [1.54, 1.807) is 0 Å². The number of hydrogen-bond donors (Lipinski definition) is 0. The van der Waals surface area contributed by atoms with Crippen LogP contribution in [-0.4, -0.2) is 22.5 Å². The molecule has 0 spiro atoms. The zero-order valence-corrected chi connectivity index (χ0v) is 15.6. The van der Waals surface area contributed by atoms with Gasteiger partial charge in [-0.3, -0.25) is 4.79 Å². The first-order valence-electron chi connectivity index (χ1n) is 9.13. The molecule has 0 atom stereocenters. The van der Waals surface area contributed by atoms with Gasteiger partial charge in [-0.1, -0.05) is 41.6 Å². The highest BCUT2D eigenvalue weighted by atomic mass is 16.5. The standard InChI is InChI=1S/C22H22N2O3/c1-15-20(16(2)27-23-15)14-26-21-10-6-5-9-19(21)22(25)24-12-11-17-7-3-4-8-18(17)13-24/h3-10H,11-14H2,1-2H3. The Balaban J connectivity index is 1.53. The molecule has 0 radical (unpaired) electrons. The van der Waals surface area contributed by atoms with E-state index in [1.165, 1.54) is 11.1 Å². The summed E-state index contributed by atoms with van der Waals surface area (Å²) < 4.78 is 11.2. The summed E-state index contributed by atoms with van der Waals surface area (Å²) in [5.74, 6) is 1.32. The maximum atomic E-state index is 13.1. The second kappa shape index (κ2) is 7.27. The molecule has 0 unspecified atom stereocenters. The average molecular weight is 362 g/mol. The Morgan fingerprint density at radius 2 is 1.85 bits per heavy atom. The van der Waals surface area contributed by atoms with Crippen molar-refractivity contribution in [3.8, 4) is 5.75 Å². The molecule has 2 aromatic carbocycles. The van der Waals surface area contributed by atoms with E-state index < -0.39 is 0 Å². The van der Waals surface area contributed by atoms with E-state index >= 15 is 0 Å². The smallest absolute Gasteiger partial charge is 0.257 e. The molecule has 0 saturated heterocycles. The molecule has 0 saturated carbocycles. The molecule has 1 aliphatic rings. The summed E-state index contributed by atoms with van der Waals surface area (Å²) in [5, 5.41) is 3.95. The first-order valence-corrected chi connectivity index (χ1v) is 9.13. The molecule has 0 bridgehead atoms. The summed E-state index contributed by atoms with van der Waals surface area (Å²) in [4.78, 5) is 15.0. The molecule has 0 N–H and O–H groups in total. The number of amides is 1. The molecule has 4 rings (SSSR count). The van der Waals surface area contributed by atoms with Gasteiger partial charge in [0.1, 0.15) is 18.1 Å². The minimum atomic E-state index is -0.00105. The van der Waals surface area contributed by atoms with Gasteiger partial charge in [0.05, 0.1) is 16.8 Å². The molecule has 138 valence electrons. The quantitative estimate of drug-likeness (QED) is 0.702. The number of fused-ring (bicyclic) bond motifs is 1. The second-order valence-electron chi connectivity index (χ2n) is 6.83. The minimum Gasteiger partial charge on any atom is -0.488 e. The molecule has 2 heterocycles. The lowest BCUT2D eigenvalue weighted by atomic mass is 9.99. The van der Waals surface area contributed by atoms with E-state index in [0.29, 0.717) is 31.0 Å². The molecule has 0 aliphatic carbocycles. The van der Waals surface area contributed by atoms with Crippen LogP contribution in [-0.2, 0) is 19.6 Å². The zero-order valence-electron chi connectivity index (χ0n) is 15.6. The van der Waals surface area contributed by atoms with Crippen molar-refractivity contribution < 1.29 is 14.1 Å². The first kappa shape index (κ1) is 17.3. The van der Waals surface area contributed by atoms with Crippen LogP contribution in [0.15, 0.2) is 53.1 Å². The van der Waals surface area contributed by atoms with Crippen LogP contribution in [0.1, 0.15) is 38.5 Å². The molecule has 27 heavy (non-hydrogen) atoms. The predicted molar refractivity (Wildman–Crippen MR) is 102 cm³/mol. The number of benzene rings is 2. The van der Waals surface area contributed by atoms with Crippen molar-refractivity contribution in [1.82, 2.24) is 10.1 Å². The van der Waals surface area contributed by atoms with Crippen molar-refractivity contribution >= 4 is 5.91 Å². The molecule has 1 amide bonds. The third kappa shape index (κ3) is 3.45. The number of aryl methyl sites for hydroxylation is 2. The van der Waals surface area contributed by atoms with Gasteiger partial charge in [-0.25, -0.2) is 0 Å². The van der Waals surface area contributed by atoms with E-state index in [9.17, 15) is 4.79 Å². The van der Waals surface area contributed by atoms with E-state index in [0.717, 1.165) is 23.4 Å². The average Bonchev–Trinajstić information content (AvgIpc) is 3.03. The summed E-state index contributed by atoms with van der Waals surface area (Å²) in [6.45, 7) is 5.42. The maximum Gasteiger partial charge on any atom is 0.257 e. The first-order chi connectivity index (χ1) is 13.1. The number of aromatic nitrogens is 1. The van der Waals surface area contributed by atoms with Gasteiger partial charge in [-0.2, -0.15) is 0 Å². The summed E-state index contributed by atoms with van der Waals surface area (Å²) in [7, 11) is 0. The minimum absolute atomic E-state index is 0.00105. The van der Waals surface area contributed by atoms with Crippen LogP contribution in [0.3, 0.4) is 0 Å². The number of para-hydroxylation sites is 1. The number of carbonyl (C=O) groups is 1. The van der Waals surface area contributed by atoms with Crippen LogP contribution in [0.5, 0.6) is 5.75 Å². The predicted octanol–water partition coefficient (Wildman–Crippen LogP) is 4.07. The number of rotatable bonds is 4. The highest BCUT2D eigenvalue weighted by Gasteiger charge is 2.24. The van der Waals surface area contributed by atoms with E-state index in [-0.39, 0.29) is 5.91 Å². The van der Waals surface area contributed by atoms with Gasteiger partial charge in [0, 0.05) is 13.1 Å². The van der Waals surface area contributed by atoms with Gasteiger partial charge in [0.2, 0.25) is 0 Å². The van der Waals surface area contributed by atoms with Crippen molar-refractivity contribution in [3.05, 3.63) is 82.2 Å². The Morgan fingerprint density at radius 3 is 2.63 bits per heavy atom. The number of hydrogen-bond acceptors (Lipinski definition) is 4. The van der Waals surface area contributed by atoms with E-state index in [4.69, 9.17) is 9.26 Å². The van der Waals surface area contributed by atoms with Crippen molar-refractivity contribution in [3.63, 3.8) is 0 Å². The van der Waals surface area contributed by atoms with Gasteiger partial charge in [-0.15, -0.1) is 0 Å². The summed E-state index contributed by atoms with van der Waals surface area (Å²) in [6.07, 6.45) is 0.879. The van der Waals surface area contributed by atoms with Crippen LogP contribution in [0.25, 0.3) is 0 Å². The van der Waals surface area contributed by atoms with Crippen LogP contribution >= 0.6 is 0 Å². The Labute approximate surface area is 158 Å². The van der Waals surface area contributed by atoms with Crippen molar-refractivity contribution in [2.24, 2.45) is 0 Å². The monoisotopic (exact) mass is 362 g/mol. The molecule has 1 aromatic heterocycles.